The van der Waals surface area contributed by atoms with Gasteiger partial charge in [-0.05, 0) is 48.4 Å². The minimum absolute atomic E-state index is 0.181. The fraction of sp³-hybridized carbons (Fsp3) is 0.158. The van der Waals surface area contributed by atoms with Crippen molar-refractivity contribution >= 4 is 17.2 Å². The van der Waals surface area contributed by atoms with E-state index in [9.17, 15) is 23.3 Å². The number of aromatic nitrogens is 2. The van der Waals surface area contributed by atoms with Gasteiger partial charge in [-0.2, -0.15) is 4.98 Å². The number of alkyl halides is 3. The molecular formula is C19H15F3N4O4. The molecule has 0 unspecified atom stereocenters. The molecule has 0 saturated heterocycles. The van der Waals surface area contributed by atoms with Gasteiger partial charge >= 0.3 is 17.9 Å². The lowest BCUT2D eigenvalue weighted by molar-refractivity contribution is -0.385. The van der Waals surface area contributed by atoms with Crippen LogP contribution in [-0.4, -0.2) is 21.3 Å². The van der Waals surface area contributed by atoms with E-state index in [1.54, 1.807) is 12.1 Å². The van der Waals surface area contributed by atoms with Crippen LogP contribution in [0.25, 0.3) is 0 Å². The average molecular weight is 420 g/mol. The molecule has 11 heteroatoms. The fourth-order valence-corrected chi connectivity index (χ4v) is 2.47. The van der Waals surface area contributed by atoms with Gasteiger partial charge in [-0.15, -0.1) is 13.2 Å². The Balaban J connectivity index is 1.84. The first-order valence-electron chi connectivity index (χ1n) is 8.64. The Kier molecular flexibility index (Phi) is 6.00. The van der Waals surface area contributed by atoms with Gasteiger partial charge < -0.3 is 14.8 Å². The van der Waals surface area contributed by atoms with Crippen LogP contribution in [0.3, 0.4) is 0 Å². The Morgan fingerprint density at radius 2 is 1.67 bits per heavy atom. The normalized spacial score (nSPS) is 11.1. The lowest BCUT2D eigenvalue weighted by Crippen LogP contribution is -2.17. The number of benzene rings is 2. The quantitative estimate of drug-likeness (QED) is 0.404. The van der Waals surface area contributed by atoms with Crippen molar-refractivity contribution in [2.24, 2.45) is 0 Å². The lowest BCUT2D eigenvalue weighted by atomic mass is 10.2. The molecule has 0 bridgehead atoms. The van der Waals surface area contributed by atoms with E-state index in [-0.39, 0.29) is 17.4 Å². The molecule has 1 aromatic heterocycles. The van der Waals surface area contributed by atoms with E-state index >= 15 is 0 Å². The van der Waals surface area contributed by atoms with Crippen LogP contribution >= 0.6 is 0 Å². The third kappa shape index (κ3) is 5.34. The first-order valence-corrected chi connectivity index (χ1v) is 8.64. The predicted octanol–water partition coefficient (Wildman–Crippen LogP) is 5.38. The monoisotopic (exact) mass is 420 g/mol. The SMILES string of the molecule is CCc1ccc(Oc2ncnc(Nc3ccc(OC(F)(F)F)cc3)c2[N+](=O)[O-])cc1. The number of hydrogen-bond acceptors (Lipinski definition) is 7. The number of nitrogens with zero attached hydrogens (tertiary/aromatic N) is 3. The van der Waals surface area contributed by atoms with Crippen molar-refractivity contribution in [3.05, 3.63) is 70.5 Å². The number of nitro groups is 1. The third-order valence-electron chi connectivity index (χ3n) is 3.87. The van der Waals surface area contributed by atoms with E-state index in [0.29, 0.717) is 5.75 Å². The molecule has 1 N–H and O–H groups in total. The van der Waals surface area contributed by atoms with Crippen LogP contribution in [0.2, 0.25) is 0 Å². The number of ether oxygens (including phenoxy) is 2. The topological polar surface area (TPSA) is 99.4 Å². The largest absolute Gasteiger partial charge is 0.573 e. The highest BCUT2D eigenvalue weighted by atomic mass is 19.4. The Morgan fingerprint density at radius 1 is 1.03 bits per heavy atom. The maximum atomic E-state index is 12.3. The first-order chi connectivity index (χ1) is 14.2. The van der Waals surface area contributed by atoms with Crippen LogP contribution < -0.4 is 14.8 Å². The summed E-state index contributed by atoms with van der Waals surface area (Å²) in [7, 11) is 0. The van der Waals surface area contributed by atoms with Crippen LogP contribution in [0.4, 0.5) is 30.4 Å². The second-order valence-corrected chi connectivity index (χ2v) is 5.93. The molecular weight excluding hydrogens is 405 g/mol. The van der Waals surface area contributed by atoms with Gasteiger partial charge in [-0.25, -0.2) is 4.98 Å². The molecule has 0 atom stereocenters. The molecule has 156 valence electrons. The summed E-state index contributed by atoms with van der Waals surface area (Å²) >= 11 is 0. The van der Waals surface area contributed by atoms with Gasteiger partial charge in [0.15, 0.2) is 0 Å². The fourth-order valence-electron chi connectivity index (χ4n) is 2.47. The summed E-state index contributed by atoms with van der Waals surface area (Å²) in [6, 6.07) is 11.6. The first kappa shape index (κ1) is 20.8. The molecule has 0 aliphatic carbocycles. The summed E-state index contributed by atoms with van der Waals surface area (Å²) in [4.78, 5) is 18.6. The van der Waals surface area contributed by atoms with Crippen molar-refractivity contribution in [2.45, 2.75) is 19.7 Å². The molecule has 3 rings (SSSR count). The maximum absolute atomic E-state index is 12.3. The van der Waals surface area contributed by atoms with Crippen LogP contribution in [0.5, 0.6) is 17.4 Å². The minimum atomic E-state index is -4.82. The summed E-state index contributed by atoms with van der Waals surface area (Å²) in [5.74, 6) is -0.531. The molecule has 1 heterocycles. The van der Waals surface area contributed by atoms with Crippen LogP contribution in [0, 0.1) is 10.1 Å². The Labute approximate surface area is 168 Å². The summed E-state index contributed by atoms with van der Waals surface area (Å²) in [6.07, 6.45) is -2.91. The average Bonchev–Trinajstić information content (AvgIpc) is 2.69. The van der Waals surface area contributed by atoms with Gasteiger partial charge in [0, 0.05) is 5.69 Å². The van der Waals surface area contributed by atoms with E-state index in [2.05, 4.69) is 20.0 Å². The number of anilines is 2. The standard InChI is InChI=1S/C19H15F3N4O4/c1-2-12-3-7-14(8-4-12)29-18-16(26(27)28)17(23-11-24-18)25-13-5-9-15(10-6-13)30-19(20,21)22/h3-11H,2H2,1H3,(H,23,24,25). The number of nitrogens with one attached hydrogen (secondary N) is 1. The zero-order chi connectivity index (χ0) is 21.7. The Bertz CT molecular complexity index is 1030. The van der Waals surface area contributed by atoms with Crippen molar-refractivity contribution < 1.29 is 27.6 Å². The molecule has 0 saturated carbocycles. The smallest absolute Gasteiger partial charge is 0.434 e. The van der Waals surface area contributed by atoms with Crippen molar-refractivity contribution in [1.82, 2.24) is 9.97 Å². The van der Waals surface area contributed by atoms with Crippen molar-refractivity contribution in [3.63, 3.8) is 0 Å². The highest BCUT2D eigenvalue weighted by molar-refractivity contribution is 5.69. The van der Waals surface area contributed by atoms with Crippen LogP contribution in [-0.2, 0) is 6.42 Å². The second-order valence-electron chi connectivity index (χ2n) is 5.93. The van der Waals surface area contributed by atoms with E-state index in [1.807, 2.05) is 19.1 Å². The van der Waals surface area contributed by atoms with Gasteiger partial charge in [-0.3, -0.25) is 10.1 Å². The van der Waals surface area contributed by atoms with Crippen LogP contribution in [0.1, 0.15) is 12.5 Å². The highest BCUT2D eigenvalue weighted by Crippen LogP contribution is 2.36. The Hall–Kier alpha value is -3.89. The Morgan fingerprint density at radius 3 is 2.23 bits per heavy atom. The second kappa shape index (κ2) is 8.64. The highest BCUT2D eigenvalue weighted by Gasteiger charge is 2.31. The zero-order valence-electron chi connectivity index (χ0n) is 15.5. The van der Waals surface area contributed by atoms with E-state index < -0.39 is 22.7 Å². The number of aryl methyl sites for hydroxylation is 1. The number of halogens is 3. The van der Waals surface area contributed by atoms with Gasteiger partial charge in [0.05, 0.1) is 4.92 Å². The number of hydrogen-bond donors (Lipinski definition) is 1. The van der Waals surface area contributed by atoms with Gasteiger partial charge in [-0.1, -0.05) is 19.1 Å². The van der Waals surface area contributed by atoms with Gasteiger partial charge in [0.1, 0.15) is 17.8 Å². The van der Waals surface area contributed by atoms with E-state index in [1.165, 1.54) is 12.1 Å². The maximum Gasteiger partial charge on any atom is 0.573 e. The van der Waals surface area contributed by atoms with Gasteiger partial charge in [0.25, 0.3) is 0 Å². The third-order valence-corrected chi connectivity index (χ3v) is 3.87. The molecule has 30 heavy (non-hydrogen) atoms. The summed E-state index contributed by atoms with van der Waals surface area (Å²) in [5, 5.41) is 14.3. The zero-order valence-corrected chi connectivity index (χ0v) is 15.5. The summed E-state index contributed by atoms with van der Waals surface area (Å²) in [5.41, 5.74) is 0.803. The molecule has 0 fully saturated rings. The lowest BCUT2D eigenvalue weighted by Gasteiger charge is -2.11. The van der Waals surface area contributed by atoms with Crippen molar-refractivity contribution in [3.8, 4) is 17.4 Å². The molecule has 0 spiro atoms. The molecule has 0 amide bonds. The molecule has 8 nitrogen and oxygen atoms in total. The minimum Gasteiger partial charge on any atom is -0.434 e. The summed E-state index contributed by atoms with van der Waals surface area (Å²) in [6.45, 7) is 1.99. The predicted molar refractivity (Wildman–Crippen MR) is 101 cm³/mol. The van der Waals surface area contributed by atoms with E-state index in [4.69, 9.17) is 4.74 Å². The van der Waals surface area contributed by atoms with Crippen molar-refractivity contribution in [1.29, 1.82) is 0 Å². The van der Waals surface area contributed by atoms with Gasteiger partial charge in [0.2, 0.25) is 5.82 Å². The molecule has 0 radical (unpaired) electrons. The number of rotatable bonds is 7. The molecule has 0 aliphatic heterocycles. The molecule has 2 aromatic carbocycles. The van der Waals surface area contributed by atoms with Crippen LogP contribution in [0.15, 0.2) is 54.9 Å². The van der Waals surface area contributed by atoms with E-state index in [0.717, 1.165) is 30.4 Å². The van der Waals surface area contributed by atoms with Crippen molar-refractivity contribution in [2.75, 3.05) is 5.32 Å². The summed E-state index contributed by atoms with van der Waals surface area (Å²) < 4.78 is 46.1. The molecule has 3 aromatic rings. The molecule has 0 aliphatic rings.